The summed E-state index contributed by atoms with van der Waals surface area (Å²) in [5.41, 5.74) is 0. The summed E-state index contributed by atoms with van der Waals surface area (Å²) in [6, 6.07) is 1.60. The Balaban J connectivity index is 1.94. The second-order valence-electron chi connectivity index (χ2n) is 6.66. The van der Waals surface area contributed by atoms with E-state index in [1.54, 1.807) is 0 Å². The molecule has 0 radical (unpaired) electrons. The van der Waals surface area contributed by atoms with Gasteiger partial charge in [-0.2, -0.15) is 0 Å². The molecule has 2 rings (SSSR count). The lowest BCUT2D eigenvalue weighted by molar-refractivity contribution is 0.110. The number of hydrogen-bond acceptors (Lipinski definition) is 2. The summed E-state index contributed by atoms with van der Waals surface area (Å²) in [6.07, 6.45) is 12.8. The quantitative estimate of drug-likeness (QED) is 0.814. The van der Waals surface area contributed by atoms with Crippen LogP contribution in [0.1, 0.15) is 71.6 Å². The molecule has 0 aromatic rings. The van der Waals surface area contributed by atoms with Crippen molar-refractivity contribution in [2.75, 3.05) is 19.6 Å². The van der Waals surface area contributed by atoms with Crippen LogP contribution >= 0.6 is 0 Å². The molecule has 1 aliphatic carbocycles. The molecule has 1 N–H and O–H groups in total. The predicted octanol–water partition coefficient (Wildman–Crippen LogP) is 3.81. The smallest absolute Gasteiger partial charge is 0.0195 e. The van der Waals surface area contributed by atoms with Gasteiger partial charge in [0.05, 0.1) is 0 Å². The van der Waals surface area contributed by atoms with E-state index in [0.29, 0.717) is 0 Å². The maximum absolute atomic E-state index is 3.75. The highest BCUT2D eigenvalue weighted by molar-refractivity contribution is 4.85. The Morgan fingerprint density at radius 2 is 1.89 bits per heavy atom. The highest BCUT2D eigenvalue weighted by atomic mass is 15.2. The zero-order valence-electron chi connectivity index (χ0n) is 13.2. The zero-order chi connectivity index (χ0) is 13.5. The first-order chi connectivity index (χ1) is 9.35. The Hall–Kier alpha value is -0.0800. The summed E-state index contributed by atoms with van der Waals surface area (Å²) in [5, 5.41) is 3.75. The Bertz CT molecular complexity index is 235. The van der Waals surface area contributed by atoms with Gasteiger partial charge in [0.15, 0.2) is 0 Å². The minimum absolute atomic E-state index is 0.741. The third-order valence-corrected chi connectivity index (χ3v) is 5.23. The van der Waals surface area contributed by atoms with Crippen LogP contribution in [0.2, 0.25) is 0 Å². The van der Waals surface area contributed by atoms with E-state index >= 15 is 0 Å². The van der Waals surface area contributed by atoms with Crippen molar-refractivity contribution >= 4 is 0 Å². The Morgan fingerprint density at radius 3 is 2.58 bits per heavy atom. The third-order valence-electron chi connectivity index (χ3n) is 5.23. The normalized spacial score (nSPS) is 29.1. The second kappa shape index (κ2) is 8.26. The maximum atomic E-state index is 3.75. The van der Waals surface area contributed by atoms with E-state index in [4.69, 9.17) is 0 Å². The van der Waals surface area contributed by atoms with E-state index in [1.807, 2.05) is 0 Å². The van der Waals surface area contributed by atoms with Crippen LogP contribution in [0.15, 0.2) is 0 Å². The van der Waals surface area contributed by atoms with Gasteiger partial charge in [-0.3, -0.25) is 4.90 Å². The van der Waals surface area contributed by atoms with Crippen molar-refractivity contribution in [3.63, 3.8) is 0 Å². The van der Waals surface area contributed by atoms with Crippen molar-refractivity contribution in [1.29, 1.82) is 0 Å². The van der Waals surface area contributed by atoms with E-state index in [0.717, 1.165) is 18.0 Å². The van der Waals surface area contributed by atoms with Crippen LogP contribution in [-0.4, -0.2) is 36.6 Å². The SMILES string of the molecule is CCCC1CN(C(CC)C2CCCCC2)CCCN1. The van der Waals surface area contributed by atoms with Crippen LogP contribution in [0.5, 0.6) is 0 Å². The first kappa shape index (κ1) is 15.3. The average molecular weight is 266 g/mol. The summed E-state index contributed by atoms with van der Waals surface area (Å²) in [6.45, 7) is 8.56. The highest BCUT2D eigenvalue weighted by Gasteiger charge is 2.29. The summed E-state index contributed by atoms with van der Waals surface area (Å²) in [7, 11) is 0. The zero-order valence-corrected chi connectivity index (χ0v) is 13.2. The molecule has 2 heteroatoms. The van der Waals surface area contributed by atoms with Crippen LogP contribution in [0.3, 0.4) is 0 Å². The Labute approximate surface area is 120 Å². The fraction of sp³-hybridized carbons (Fsp3) is 1.00. The fourth-order valence-electron chi connectivity index (χ4n) is 4.28. The molecule has 2 aliphatic rings. The molecule has 0 amide bonds. The second-order valence-corrected chi connectivity index (χ2v) is 6.66. The lowest BCUT2D eigenvalue weighted by Crippen LogP contribution is -2.46. The van der Waals surface area contributed by atoms with E-state index in [9.17, 15) is 0 Å². The predicted molar refractivity (Wildman–Crippen MR) is 83.5 cm³/mol. The highest BCUT2D eigenvalue weighted by Crippen LogP contribution is 2.31. The van der Waals surface area contributed by atoms with E-state index in [2.05, 4.69) is 24.1 Å². The summed E-state index contributed by atoms with van der Waals surface area (Å²) >= 11 is 0. The molecule has 0 aromatic heterocycles. The Kier molecular flexibility index (Phi) is 6.66. The van der Waals surface area contributed by atoms with Gasteiger partial charge in [-0.25, -0.2) is 0 Å². The standard InChI is InChI=1S/C17H34N2/c1-3-9-16-14-19(13-8-12-18-16)17(4-2)15-10-6-5-7-11-15/h15-18H,3-14H2,1-2H3. The molecular formula is C17H34N2. The van der Waals surface area contributed by atoms with Gasteiger partial charge in [-0.1, -0.05) is 39.5 Å². The largest absolute Gasteiger partial charge is 0.313 e. The van der Waals surface area contributed by atoms with Crippen LogP contribution in [-0.2, 0) is 0 Å². The molecule has 1 heterocycles. The fourth-order valence-corrected chi connectivity index (χ4v) is 4.28. The molecule has 2 atom stereocenters. The summed E-state index contributed by atoms with van der Waals surface area (Å²) in [5.74, 6) is 0.985. The molecular weight excluding hydrogens is 232 g/mol. The summed E-state index contributed by atoms with van der Waals surface area (Å²) < 4.78 is 0. The molecule has 2 fully saturated rings. The molecule has 2 nitrogen and oxygen atoms in total. The van der Waals surface area contributed by atoms with E-state index < -0.39 is 0 Å². The molecule has 0 aromatic carbocycles. The van der Waals surface area contributed by atoms with Gasteiger partial charge in [-0.05, 0) is 51.1 Å². The molecule has 1 saturated carbocycles. The minimum atomic E-state index is 0.741. The van der Waals surface area contributed by atoms with Crippen molar-refractivity contribution in [3.8, 4) is 0 Å². The molecule has 112 valence electrons. The van der Waals surface area contributed by atoms with Gasteiger partial charge >= 0.3 is 0 Å². The number of nitrogens with one attached hydrogen (secondary N) is 1. The monoisotopic (exact) mass is 266 g/mol. The molecule has 2 unspecified atom stereocenters. The average Bonchev–Trinajstić information content (AvgIpc) is 2.67. The van der Waals surface area contributed by atoms with Gasteiger partial charge in [0.1, 0.15) is 0 Å². The van der Waals surface area contributed by atoms with Crippen molar-refractivity contribution in [3.05, 3.63) is 0 Å². The first-order valence-corrected chi connectivity index (χ1v) is 8.82. The molecule has 19 heavy (non-hydrogen) atoms. The van der Waals surface area contributed by atoms with Crippen LogP contribution in [0.4, 0.5) is 0 Å². The van der Waals surface area contributed by atoms with Crippen molar-refractivity contribution in [1.82, 2.24) is 10.2 Å². The number of rotatable bonds is 5. The number of nitrogens with zero attached hydrogens (tertiary/aromatic N) is 1. The van der Waals surface area contributed by atoms with Crippen molar-refractivity contribution < 1.29 is 0 Å². The Morgan fingerprint density at radius 1 is 1.11 bits per heavy atom. The third kappa shape index (κ3) is 4.46. The molecule has 0 spiro atoms. The van der Waals surface area contributed by atoms with Crippen molar-refractivity contribution in [2.24, 2.45) is 5.92 Å². The first-order valence-electron chi connectivity index (χ1n) is 8.82. The maximum Gasteiger partial charge on any atom is 0.0195 e. The lowest BCUT2D eigenvalue weighted by atomic mass is 9.82. The van der Waals surface area contributed by atoms with Crippen LogP contribution in [0.25, 0.3) is 0 Å². The van der Waals surface area contributed by atoms with Gasteiger partial charge in [0.25, 0.3) is 0 Å². The van der Waals surface area contributed by atoms with Gasteiger partial charge in [0.2, 0.25) is 0 Å². The van der Waals surface area contributed by atoms with E-state index in [1.165, 1.54) is 77.4 Å². The molecule has 1 saturated heterocycles. The summed E-state index contributed by atoms with van der Waals surface area (Å²) in [4.78, 5) is 2.84. The number of hydrogen-bond donors (Lipinski definition) is 1. The minimum Gasteiger partial charge on any atom is -0.313 e. The molecule has 1 aliphatic heterocycles. The topological polar surface area (TPSA) is 15.3 Å². The van der Waals surface area contributed by atoms with Gasteiger partial charge in [-0.15, -0.1) is 0 Å². The van der Waals surface area contributed by atoms with Crippen molar-refractivity contribution in [2.45, 2.75) is 83.7 Å². The van der Waals surface area contributed by atoms with Gasteiger partial charge < -0.3 is 5.32 Å². The van der Waals surface area contributed by atoms with Crippen LogP contribution in [0, 0.1) is 5.92 Å². The van der Waals surface area contributed by atoms with Gasteiger partial charge in [0, 0.05) is 18.6 Å². The van der Waals surface area contributed by atoms with Crippen LogP contribution < -0.4 is 5.32 Å². The van der Waals surface area contributed by atoms with E-state index in [-0.39, 0.29) is 0 Å². The lowest BCUT2D eigenvalue weighted by Gasteiger charge is -2.39. The molecule has 0 bridgehead atoms.